The van der Waals surface area contributed by atoms with Gasteiger partial charge in [-0.15, -0.1) is 0 Å². The lowest BCUT2D eigenvalue weighted by molar-refractivity contribution is 0.270. The number of anilines is 1. The first-order valence-electron chi connectivity index (χ1n) is 4.16. The van der Waals surface area contributed by atoms with Crippen LogP contribution in [0.2, 0.25) is 5.02 Å². The van der Waals surface area contributed by atoms with Crippen LogP contribution in [-0.4, -0.2) is 6.61 Å². The molecule has 0 bridgehead atoms. The maximum Gasteiger partial charge on any atom is 0.144 e. The normalized spacial score (nSPS) is 20.6. The predicted octanol–water partition coefficient (Wildman–Crippen LogP) is 1.70. The monoisotopic (exact) mass is 198 g/mol. The van der Waals surface area contributed by atoms with Gasteiger partial charge >= 0.3 is 0 Å². The summed E-state index contributed by atoms with van der Waals surface area (Å²) in [4.78, 5) is 0. The molecule has 1 aliphatic heterocycles. The van der Waals surface area contributed by atoms with Crippen molar-refractivity contribution in [1.29, 1.82) is 0 Å². The number of nitrogens with two attached hydrogens (primary N) is 2. The first-order valence-corrected chi connectivity index (χ1v) is 4.54. The molecule has 2 rings (SSSR count). The Morgan fingerprint density at radius 3 is 2.92 bits per heavy atom. The number of halogens is 1. The van der Waals surface area contributed by atoms with E-state index >= 15 is 0 Å². The third-order valence-electron chi connectivity index (χ3n) is 2.23. The summed E-state index contributed by atoms with van der Waals surface area (Å²) in [5, 5.41) is 0.583. The first-order chi connectivity index (χ1) is 6.20. The molecule has 1 aromatic carbocycles. The molecule has 1 aliphatic rings. The molecule has 0 radical (unpaired) electrons. The van der Waals surface area contributed by atoms with Crippen molar-refractivity contribution in [3.8, 4) is 5.75 Å². The summed E-state index contributed by atoms with van der Waals surface area (Å²) < 4.78 is 5.41. The highest BCUT2D eigenvalue weighted by molar-refractivity contribution is 6.32. The third-order valence-corrected chi connectivity index (χ3v) is 2.53. The minimum Gasteiger partial charge on any atom is -0.492 e. The van der Waals surface area contributed by atoms with E-state index in [1.54, 1.807) is 12.1 Å². The Bertz CT molecular complexity index is 341. The standard InChI is InChI=1S/C9H11ClN2O/c10-5-1-2-6(11)8-7(12)3-4-13-9(5)8/h1-2,7H,3-4,11-12H2/t7-/m0/s1. The molecule has 4 heteroatoms. The van der Waals surface area contributed by atoms with E-state index in [-0.39, 0.29) is 6.04 Å². The molecule has 1 atom stereocenters. The van der Waals surface area contributed by atoms with E-state index in [4.69, 9.17) is 27.8 Å². The molecule has 0 aliphatic carbocycles. The number of hydrogen-bond acceptors (Lipinski definition) is 3. The summed E-state index contributed by atoms with van der Waals surface area (Å²) in [6.07, 6.45) is 0.789. The Kier molecular flexibility index (Phi) is 2.06. The van der Waals surface area contributed by atoms with Crippen LogP contribution in [0.25, 0.3) is 0 Å². The van der Waals surface area contributed by atoms with Crippen molar-refractivity contribution in [2.45, 2.75) is 12.5 Å². The van der Waals surface area contributed by atoms with Crippen molar-refractivity contribution in [1.82, 2.24) is 0 Å². The zero-order valence-electron chi connectivity index (χ0n) is 7.09. The zero-order chi connectivity index (χ0) is 9.42. The molecule has 0 fully saturated rings. The van der Waals surface area contributed by atoms with Gasteiger partial charge in [-0.3, -0.25) is 0 Å². The second kappa shape index (κ2) is 3.09. The van der Waals surface area contributed by atoms with E-state index in [0.717, 1.165) is 12.0 Å². The van der Waals surface area contributed by atoms with Gasteiger partial charge in [-0.2, -0.15) is 0 Å². The van der Waals surface area contributed by atoms with Crippen LogP contribution < -0.4 is 16.2 Å². The van der Waals surface area contributed by atoms with Crippen molar-refractivity contribution in [2.24, 2.45) is 5.73 Å². The fraction of sp³-hybridized carbons (Fsp3) is 0.333. The fourth-order valence-corrected chi connectivity index (χ4v) is 1.77. The Morgan fingerprint density at radius 1 is 1.46 bits per heavy atom. The molecular weight excluding hydrogens is 188 g/mol. The number of ether oxygens (including phenoxy) is 1. The van der Waals surface area contributed by atoms with Crippen LogP contribution in [0.1, 0.15) is 18.0 Å². The van der Waals surface area contributed by atoms with E-state index in [0.29, 0.717) is 23.1 Å². The summed E-state index contributed by atoms with van der Waals surface area (Å²) in [5.74, 6) is 0.653. The van der Waals surface area contributed by atoms with Gasteiger partial charge < -0.3 is 16.2 Å². The van der Waals surface area contributed by atoms with E-state index in [1.165, 1.54) is 0 Å². The Hall–Kier alpha value is -0.930. The van der Waals surface area contributed by atoms with E-state index in [1.807, 2.05) is 0 Å². The molecule has 0 saturated heterocycles. The highest BCUT2D eigenvalue weighted by Crippen LogP contribution is 2.39. The highest BCUT2D eigenvalue weighted by atomic mass is 35.5. The molecule has 0 aromatic heterocycles. The lowest BCUT2D eigenvalue weighted by atomic mass is 10.00. The molecular formula is C9H11ClN2O. The fourth-order valence-electron chi connectivity index (χ4n) is 1.55. The minimum absolute atomic E-state index is 0.0533. The summed E-state index contributed by atoms with van der Waals surface area (Å²) in [7, 11) is 0. The van der Waals surface area contributed by atoms with Gasteiger partial charge in [0.25, 0.3) is 0 Å². The summed E-state index contributed by atoms with van der Waals surface area (Å²) in [5.41, 5.74) is 13.2. The SMILES string of the molecule is Nc1ccc(Cl)c2c1[C@@H](N)CCO2. The second-order valence-electron chi connectivity index (χ2n) is 3.12. The number of benzene rings is 1. The number of nitrogen functional groups attached to an aromatic ring is 1. The zero-order valence-corrected chi connectivity index (χ0v) is 7.84. The molecule has 4 N–H and O–H groups in total. The Morgan fingerprint density at radius 2 is 2.23 bits per heavy atom. The molecule has 0 spiro atoms. The molecule has 0 saturated carbocycles. The molecule has 3 nitrogen and oxygen atoms in total. The van der Waals surface area contributed by atoms with Gasteiger partial charge in [0.2, 0.25) is 0 Å². The summed E-state index contributed by atoms with van der Waals surface area (Å²) in [6, 6.07) is 3.44. The van der Waals surface area contributed by atoms with Gasteiger partial charge in [-0.05, 0) is 12.1 Å². The van der Waals surface area contributed by atoms with Crippen LogP contribution in [0.4, 0.5) is 5.69 Å². The van der Waals surface area contributed by atoms with E-state index < -0.39 is 0 Å². The minimum atomic E-state index is -0.0533. The van der Waals surface area contributed by atoms with Crippen LogP contribution in [0.15, 0.2) is 12.1 Å². The van der Waals surface area contributed by atoms with Gasteiger partial charge in [-0.25, -0.2) is 0 Å². The van der Waals surface area contributed by atoms with Crippen LogP contribution in [-0.2, 0) is 0 Å². The van der Waals surface area contributed by atoms with Crippen molar-refractivity contribution in [2.75, 3.05) is 12.3 Å². The Labute approximate surface area is 81.6 Å². The quantitative estimate of drug-likeness (QED) is 0.624. The molecule has 70 valence electrons. The summed E-state index contributed by atoms with van der Waals surface area (Å²) in [6.45, 7) is 0.608. The average molecular weight is 199 g/mol. The van der Waals surface area contributed by atoms with Gasteiger partial charge in [0.05, 0.1) is 11.6 Å². The topological polar surface area (TPSA) is 61.3 Å². The lowest BCUT2D eigenvalue weighted by Crippen LogP contribution is -2.22. The van der Waals surface area contributed by atoms with Crippen LogP contribution in [0.3, 0.4) is 0 Å². The molecule has 0 unspecified atom stereocenters. The van der Waals surface area contributed by atoms with Gasteiger partial charge in [-0.1, -0.05) is 11.6 Å². The molecule has 0 amide bonds. The molecule has 1 aromatic rings. The summed E-state index contributed by atoms with van der Waals surface area (Å²) >= 11 is 5.94. The van der Waals surface area contributed by atoms with Gasteiger partial charge in [0.1, 0.15) is 5.75 Å². The maximum atomic E-state index is 5.94. The Balaban J connectivity index is 2.60. The average Bonchev–Trinajstić information content (AvgIpc) is 2.12. The largest absolute Gasteiger partial charge is 0.492 e. The lowest BCUT2D eigenvalue weighted by Gasteiger charge is -2.25. The molecule has 1 heterocycles. The van der Waals surface area contributed by atoms with E-state index in [2.05, 4.69) is 0 Å². The third kappa shape index (κ3) is 1.34. The van der Waals surface area contributed by atoms with Gasteiger partial charge in [0, 0.05) is 23.7 Å². The first kappa shape index (κ1) is 8.66. The predicted molar refractivity (Wildman–Crippen MR) is 52.9 cm³/mol. The smallest absolute Gasteiger partial charge is 0.144 e. The molecule has 13 heavy (non-hydrogen) atoms. The van der Waals surface area contributed by atoms with E-state index in [9.17, 15) is 0 Å². The number of hydrogen-bond donors (Lipinski definition) is 2. The second-order valence-corrected chi connectivity index (χ2v) is 3.53. The van der Waals surface area contributed by atoms with Crippen LogP contribution >= 0.6 is 11.6 Å². The van der Waals surface area contributed by atoms with Gasteiger partial charge in [0.15, 0.2) is 0 Å². The van der Waals surface area contributed by atoms with Crippen molar-refractivity contribution < 1.29 is 4.74 Å². The number of fused-ring (bicyclic) bond motifs is 1. The maximum absolute atomic E-state index is 5.94. The number of rotatable bonds is 0. The van der Waals surface area contributed by atoms with Crippen molar-refractivity contribution >= 4 is 17.3 Å². The van der Waals surface area contributed by atoms with Crippen LogP contribution in [0, 0.1) is 0 Å². The highest BCUT2D eigenvalue weighted by Gasteiger charge is 2.22. The van der Waals surface area contributed by atoms with Crippen molar-refractivity contribution in [3.05, 3.63) is 22.7 Å². The van der Waals surface area contributed by atoms with Crippen LogP contribution in [0.5, 0.6) is 5.75 Å². The van der Waals surface area contributed by atoms with Crippen molar-refractivity contribution in [3.63, 3.8) is 0 Å².